The molecule has 1 atom stereocenters. The topological polar surface area (TPSA) is 25.8 Å². The molecule has 0 saturated heterocycles. The molecule has 5 heteroatoms. The van der Waals surface area contributed by atoms with Crippen LogP contribution in [0.2, 0.25) is 17.3 Å². The van der Waals surface area contributed by atoms with Crippen molar-refractivity contribution in [3.05, 3.63) is 139 Å². The van der Waals surface area contributed by atoms with Gasteiger partial charge in [0.1, 0.15) is 0 Å². The second-order valence-electron chi connectivity index (χ2n) is 9.80. The standard InChI is InChI=1S/C19H16N.C14H15FGeN.Ir/c1-15(16-8-3-2-4-9-16)17-10-7-11-18(14-17)19-12-5-6-13-20-19;1-16(2,3)13-8-9-14(17-10-13)11-4-6-12(15)7-5-11;/h2-10,12-15H,1H3;4,6-10H,1-3H3;/q2*-1;/i15D;;. The van der Waals surface area contributed by atoms with Crippen LogP contribution in [0.4, 0.5) is 4.39 Å². The number of aromatic nitrogens is 2. The molecule has 38 heavy (non-hydrogen) atoms. The quantitative estimate of drug-likeness (QED) is 0.135. The molecule has 2 heterocycles. The summed E-state index contributed by atoms with van der Waals surface area (Å²) in [6.07, 6.45) is 3.72. The third-order valence-electron chi connectivity index (χ3n) is 6.06. The smallest absolute Gasteiger partial charge is 0 e. The van der Waals surface area contributed by atoms with Crippen molar-refractivity contribution in [1.82, 2.24) is 9.97 Å². The Labute approximate surface area is 243 Å². The summed E-state index contributed by atoms with van der Waals surface area (Å²) in [6.45, 7) is 1.92. The summed E-state index contributed by atoms with van der Waals surface area (Å²) in [5.74, 6) is 5.94. The molecule has 0 aliphatic heterocycles. The normalized spacial score (nSPS) is 12.7. The molecule has 2 nitrogen and oxygen atoms in total. The fourth-order valence-corrected chi connectivity index (χ4v) is 5.96. The Morgan fingerprint density at radius 3 is 2.13 bits per heavy atom. The van der Waals surface area contributed by atoms with Gasteiger partial charge >= 0.3 is 104 Å². The number of nitrogens with zero attached hydrogens (tertiary/aromatic N) is 2. The molecule has 5 aromatic rings. The maximum absolute atomic E-state index is 12.8. The molecule has 5 rings (SSSR count). The van der Waals surface area contributed by atoms with Crippen LogP contribution in [-0.4, -0.2) is 23.2 Å². The van der Waals surface area contributed by atoms with Gasteiger partial charge in [-0.1, -0.05) is 49.4 Å². The second kappa shape index (κ2) is 13.8. The van der Waals surface area contributed by atoms with Gasteiger partial charge in [0.2, 0.25) is 0 Å². The molecular weight excluding hydrogens is 708 g/mol. The van der Waals surface area contributed by atoms with Gasteiger partial charge in [-0.15, -0.1) is 35.4 Å². The minimum atomic E-state index is -1.79. The summed E-state index contributed by atoms with van der Waals surface area (Å²) in [4.78, 5) is 8.79. The molecule has 1 radical (unpaired) electrons. The van der Waals surface area contributed by atoms with Crippen molar-refractivity contribution < 1.29 is 25.9 Å². The van der Waals surface area contributed by atoms with Gasteiger partial charge in [0.25, 0.3) is 0 Å². The molecule has 0 fully saturated rings. The number of rotatable bonds is 5. The third-order valence-corrected chi connectivity index (χ3v) is 10.3. The average Bonchev–Trinajstić information content (AvgIpc) is 2.94. The fraction of sp³-hybridized carbons (Fsp3) is 0.152. The van der Waals surface area contributed by atoms with Crippen LogP contribution in [0, 0.1) is 17.9 Å². The first-order valence-corrected chi connectivity index (χ1v) is 19.6. The van der Waals surface area contributed by atoms with Crippen LogP contribution in [-0.2, 0) is 20.1 Å². The zero-order valence-corrected chi connectivity index (χ0v) is 26.5. The largest absolute Gasteiger partial charge is 0 e. The predicted molar refractivity (Wildman–Crippen MR) is 154 cm³/mol. The van der Waals surface area contributed by atoms with E-state index in [-0.39, 0.29) is 25.9 Å². The van der Waals surface area contributed by atoms with Crippen molar-refractivity contribution >= 4 is 17.7 Å². The van der Waals surface area contributed by atoms with E-state index < -0.39 is 19.2 Å². The number of benzene rings is 3. The summed E-state index contributed by atoms with van der Waals surface area (Å²) in [7, 11) is 0. The summed E-state index contributed by atoms with van der Waals surface area (Å²) < 4.78 is 22.9. The Balaban J connectivity index is 0.000000215. The summed E-state index contributed by atoms with van der Waals surface area (Å²) in [5.41, 5.74) is 5.39. The molecule has 0 saturated carbocycles. The van der Waals surface area contributed by atoms with Crippen molar-refractivity contribution in [3.63, 3.8) is 0 Å². The average molecular weight is 740 g/mol. The van der Waals surface area contributed by atoms with Gasteiger partial charge in [0, 0.05) is 27.7 Å². The van der Waals surface area contributed by atoms with Crippen molar-refractivity contribution in [2.45, 2.75) is 30.1 Å². The Bertz CT molecular complexity index is 1450. The van der Waals surface area contributed by atoms with E-state index >= 15 is 0 Å². The first kappa shape index (κ1) is 28.1. The molecular formula is C33H31FGeIrN2-2. The summed E-state index contributed by atoms with van der Waals surface area (Å²) in [6, 6.07) is 36.2. The van der Waals surface area contributed by atoms with Gasteiger partial charge in [-0.05, 0) is 23.2 Å². The molecule has 3 aromatic carbocycles. The molecule has 0 spiro atoms. The van der Waals surface area contributed by atoms with Gasteiger partial charge in [-0.2, -0.15) is 0 Å². The zero-order valence-electron chi connectivity index (χ0n) is 23.0. The third kappa shape index (κ3) is 8.04. The number of hydrogen-bond donors (Lipinski definition) is 0. The van der Waals surface area contributed by atoms with E-state index in [1.165, 1.54) is 16.5 Å². The van der Waals surface area contributed by atoms with E-state index in [1.54, 1.807) is 12.3 Å². The van der Waals surface area contributed by atoms with Crippen molar-refractivity contribution in [1.29, 1.82) is 0 Å². The van der Waals surface area contributed by atoms with Gasteiger partial charge in [0.15, 0.2) is 0 Å². The van der Waals surface area contributed by atoms with E-state index in [2.05, 4.69) is 45.4 Å². The number of pyridine rings is 2. The summed E-state index contributed by atoms with van der Waals surface area (Å²) in [5, 5.41) is 0. The Kier molecular flexibility index (Phi) is 10.2. The van der Waals surface area contributed by atoms with Crippen LogP contribution >= 0.6 is 0 Å². The minimum Gasteiger partial charge on any atom is 0 e. The summed E-state index contributed by atoms with van der Waals surface area (Å²) >= 11 is -1.79. The van der Waals surface area contributed by atoms with Crippen LogP contribution in [0.25, 0.3) is 22.5 Å². The van der Waals surface area contributed by atoms with Gasteiger partial charge < -0.3 is 4.98 Å². The van der Waals surface area contributed by atoms with Crippen LogP contribution in [0.3, 0.4) is 0 Å². The number of hydrogen-bond acceptors (Lipinski definition) is 2. The monoisotopic (exact) mass is 742 g/mol. The molecule has 195 valence electrons. The first-order valence-electron chi connectivity index (χ1n) is 12.8. The van der Waals surface area contributed by atoms with E-state index in [0.717, 1.165) is 33.6 Å². The Morgan fingerprint density at radius 1 is 0.789 bits per heavy atom. The fourth-order valence-electron chi connectivity index (χ4n) is 3.79. The predicted octanol–water partition coefficient (Wildman–Crippen LogP) is 7.93. The van der Waals surface area contributed by atoms with Crippen LogP contribution in [0.15, 0.2) is 109 Å². The van der Waals surface area contributed by atoms with E-state index in [4.69, 9.17) is 1.37 Å². The van der Waals surface area contributed by atoms with Crippen LogP contribution in [0.1, 0.15) is 25.3 Å². The maximum Gasteiger partial charge on any atom is 0 e. The Hall–Kier alpha value is -2.92. The van der Waals surface area contributed by atoms with Crippen molar-refractivity contribution in [2.75, 3.05) is 0 Å². The SMILES string of the molecule is [2H]C(C)(c1ccccc1)c1cc[c-]c(-c2ccccn2)c1.[CH3][Ge]([CH3])([CH3])[c]1ccc(-c2[c-]cc(F)cc2)nc1.[Ir]. The van der Waals surface area contributed by atoms with Gasteiger partial charge in [0.05, 0.1) is 0 Å². The molecule has 0 N–H and O–H groups in total. The minimum absolute atomic E-state index is 0. The molecule has 1 unspecified atom stereocenters. The van der Waals surface area contributed by atoms with Gasteiger partial charge in [-0.25, -0.2) is 0 Å². The van der Waals surface area contributed by atoms with Crippen molar-refractivity contribution in [2.24, 2.45) is 0 Å². The van der Waals surface area contributed by atoms with Crippen molar-refractivity contribution in [3.8, 4) is 22.5 Å². The van der Waals surface area contributed by atoms with E-state index in [1.807, 2.05) is 85.9 Å². The molecule has 0 amide bonds. The zero-order chi connectivity index (χ0) is 27.2. The molecule has 0 aliphatic rings. The van der Waals surface area contributed by atoms with Crippen LogP contribution < -0.4 is 4.40 Å². The van der Waals surface area contributed by atoms with Gasteiger partial charge in [-0.3, -0.25) is 0 Å². The first-order chi connectivity index (χ1) is 18.1. The van der Waals surface area contributed by atoms with E-state index in [9.17, 15) is 4.39 Å². The maximum atomic E-state index is 12.8. The molecule has 0 bridgehead atoms. The number of halogens is 1. The second-order valence-corrected chi connectivity index (χ2v) is 20.5. The Morgan fingerprint density at radius 2 is 1.53 bits per heavy atom. The molecule has 0 aliphatic carbocycles. The van der Waals surface area contributed by atoms with Crippen LogP contribution in [0.5, 0.6) is 0 Å². The molecule has 2 aromatic heterocycles. The van der Waals surface area contributed by atoms with E-state index in [0.29, 0.717) is 0 Å².